The Bertz CT molecular complexity index is 544. The highest BCUT2D eigenvalue weighted by atomic mass is 15.2. The largest absolute Gasteiger partial charge is 0.369 e. The van der Waals surface area contributed by atoms with Gasteiger partial charge in [-0.1, -0.05) is 0 Å². The summed E-state index contributed by atoms with van der Waals surface area (Å²) in [5, 5.41) is 0. The lowest BCUT2D eigenvalue weighted by Crippen LogP contribution is -2.30. The van der Waals surface area contributed by atoms with Crippen LogP contribution in [0.3, 0.4) is 0 Å². The van der Waals surface area contributed by atoms with Gasteiger partial charge in [-0.3, -0.25) is 4.57 Å². The normalized spacial score (nSPS) is 11.9. The molecule has 98 valence electrons. The number of hydrogen-bond donors (Lipinski definition) is 1. The van der Waals surface area contributed by atoms with Crippen molar-refractivity contribution in [2.75, 3.05) is 19.3 Å². The molecule has 5 heteroatoms. The number of nitrogen functional groups attached to an aromatic ring is 1. The van der Waals surface area contributed by atoms with Crippen molar-refractivity contribution < 1.29 is 0 Å². The molecule has 0 unspecified atom stereocenters. The summed E-state index contributed by atoms with van der Waals surface area (Å²) in [6.07, 6.45) is 0. The number of aromatic nitrogens is 3. The Hall–Kier alpha value is -1.62. The average Bonchev–Trinajstić information content (AvgIpc) is 2.61. The highest BCUT2D eigenvalue weighted by Gasteiger charge is 2.11. The number of hydrogen-bond acceptors (Lipinski definition) is 4. The molecule has 0 radical (unpaired) electrons. The van der Waals surface area contributed by atoms with E-state index in [2.05, 4.69) is 35.8 Å². The van der Waals surface area contributed by atoms with E-state index in [1.165, 1.54) is 0 Å². The topological polar surface area (TPSA) is 60.0 Å². The van der Waals surface area contributed by atoms with Gasteiger partial charge in [-0.15, -0.1) is 0 Å². The lowest BCUT2D eigenvalue weighted by Gasteiger charge is -2.21. The number of nitrogens with two attached hydrogens (primary N) is 1. The van der Waals surface area contributed by atoms with Crippen LogP contribution in [0.25, 0.3) is 11.2 Å². The van der Waals surface area contributed by atoms with Crippen LogP contribution in [0.5, 0.6) is 0 Å². The summed E-state index contributed by atoms with van der Waals surface area (Å²) < 4.78 is 1.99. The summed E-state index contributed by atoms with van der Waals surface area (Å²) in [6, 6.07) is 4.45. The third-order valence-electron chi connectivity index (χ3n) is 3.32. The molecule has 0 saturated heterocycles. The molecule has 0 aromatic carbocycles. The Morgan fingerprint density at radius 3 is 2.72 bits per heavy atom. The van der Waals surface area contributed by atoms with E-state index < -0.39 is 0 Å². The minimum atomic E-state index is 0.524. The van der Waals surface area contributed by atoms with Gasteiger partial charge in [0.05, 0.1) is 0 Å². The molecular formula is C13H21N5. The molecule has 5 nitrogen and oxygen atoms in total. The van der Waals surface area contributed by atoms with Crippen LogP contribution in [0.4, 0.5) is 5.95 Å². The zero-order valence-corrected chi connectivity index (χ0v) is 11.5. The Kier molecular flexibility index (Phi) is 3.52. The van der Waals surface area contributed by atoms with E-state index in [0.29, 0.717) is 12.0 Å². The number of anilines is 1. The average molecular weight is 247 g/mol. The maximum Gasteiger partial charge on any atom is 0.202 e. The number of likely N-dealkylation sites (N-methyl/N-ethyl adjacent to an activating group) is 1. The zero-order chi connectivity index (χ0) is 13.3. The van der Waals surface area contributed by atoms with E-state index in [9.17, 15) is 0 Å². The fourth-order valence-corrected chi connectivity index (χ4v) is 1.85. The molecule has 0 bridgehead atoms. The van der Waals surface area contributed by atoms with Gasteiger partial charge in [0, 0.05) is 24.8 Å². The summed E-state index contributed by atoms with van der Waals surface area (Å²) in [5.41, 5.74) is 8.69. The van der Waals surface area contributed by atoms with Crippen molar-refractivity contribution in [1.82, 2.24) is 19.4 Å². The molecule has 0 aliphatic rings. The van der Waals surface area contributed by atoms with Crippen LogP contribution in [0, 0.1) is 6.92 Å². The van der Waals surface area contributed by atoms with Gasteiger partial charge in [0.2, 0.25) is 5.95 Å². The second-order valence-corrected chi connectivity index (χ2v) is 4.99. The van der Waals surface area contributed by atoms with Crippen molar-refractivity contribution in [2.24, 2.45) is 0 Å². The summed E-state index contributed by atoms with van der Waals surface area (Å²) in [5.74, 6) is 0.542. The Morgan fingerprint density at radius 1 is 1.33 bits per heavy atom. The number of pyridine rings is 1. The molecule has 0 saturated carbocycles. The number of aryl methyl sites for hydroxylation is 1. The van der Waals surface area contributed by atoms with Crippen LogP contribution in [-0.2, 0) is 6.54 Å². The van der Waals surface area contributed by atoms with Crippen molar-refractivity contribution in [3.8, 4) is 0 Å². The highest BCUT2D eigenvalue weighted by Crippen LogP contribution is 2.16. The molecule has 18 heavy (non-hydrogen) atoms. The highest BCUT2D eigenvalue weighted by molar-refractivity contribution is 5.74. The van der Waals surface area contributed by atoms with Gasteiger partial charge in [0.25, 0.3) is 0 Å². The fourth-order valence-electron chi connectivity index (χ4n) is 1.85. The Morgan fingerprint density at radius 2 is 2.06 bits per heavy atom. The predicted molar refractivity (Wildman–Crippen MR) is 74.4 cm³/mol. The maximum atomic E-state index is 5.96. The van der Waals surface area contributed by atoms with E-state index in [1.54, 1.807) is 0 Å². The smallest absolute Gasteiger partial charge is 0.202 e. The van der Waals surface area contributed by atoms with Crippen molar-refractivity contribution in [2.45, 2.75) is 33.4 Å². The van der Waals surface area contributed by atoms with Crippen LogP contribution < -0.4 is 5.73 Å². The molecule has 0 atom stereocenters. The zero-order valence-electron chi connectivity index (χ0n) is 11.5. The van der Waals surface area contributed by atoms with Gasteiger partial charge in [-0.05, 0) is 40.0 Å². The van der Waals surface area contributed by atoms with Crippen molar-refractivity contribution >= 4 is 17.1 Å². The third-order valence-corrected chi connectivity index (χ3v) is 3.32. The maximum absolute atomic E-state index is 5.96. The van der Waals surface area contributed by atoms with E-state index in [1.807, 2.05) is 23.6 Å². The molecule has 0 amide bonds. The monoisotopic (exact) mass is 247 g/mol. The summed E-state index contributed by atoms with van der Waals surface area (Å²) in [4.78, 5) is 11.1. The van der Waals surface area contributed by atoms with Crippen molar-refractivity contribution in [3.05, 3.63) is 17.8 Å². The summed E-state index contributed by atoms with van der Waals surface area (Å²) >= 11 is 0. The standard InChI is InChI=1S/C13H21N5/c1-9(2)17(4)7-8-18-12-11(16-13(18)14)6-5-10(3)15-12/h5-6,9H,7-8H2,1-4H3,(H2,14,16). The molecule has 0 spiro atoms. The quantitative estimate of drug-likeness (QED) is 0.892. The van der Waals surface area contributed by atoms with E-state index in [-0.39, 0.29) is 0 Å². The summed E-state index contributed by atoms with van der Waals surface area (Å²) in [6.45, 7) is 8.08. The van der Waals surface area contributed by atoms with Gasteiger partial charge in [-0.25, -0.2) is 9.97 Å². The van der Waals surface area contributed by atoms with Crippen molar-refractivity contribution in [1.29, 1.82) is 0 Å². The van der Waals surface area contributed by atoms with Gasteiger partial charge in [0.15, 0.2) is 5.65 Å². The molecule has 2 N–H and O–H groups in total. The van der Waals surface area contributed by atoms with Crippen LogP contribution in [0.2, 0.25) is 0 Å². The van der Waals surface area contributed by atoms with Crippen molar-refractivity contribution in [3.63, 3.8) is 0 Å². The van der Waals surface area contributed by atoms with Gasteiger partial charge in [-0.2, -0.15) is 0 Å². The van der Waals surface area contributed by atoms with Crippen LogP contribution >= 0.6 is 0 Å². The predicted octanol–water partition coefficient (Wildman–Crippen LogP) is 1.66. The molecule has 2 aromatic heterocycles. The lowest BCUT2D eigenvalue weighted by atomic mass is 10.3. The molecule has 0 aliphatic carbocycles. The third kappa shape index (κ3) is 2.46. The SMILES string of the molecule is Cc1ccc2nc(N)n(CCN(C)C(C)C)c2n1. The Balaban J connectivity index is 2.27. The van der Waals surface area contributed by atoms with Gasteiger partial charge >= 0.3 is 0 Å². The van der Waals surface area contributed by atoms with Gasteiger partial charge in [0.1, 0.15) is 5.52 Å². The molecular weight excluding hydrogens is 226 g/mol. The molecule has 0 aliphatic heterocycles. The van der Waals surface area contributed by atoms with E-state index in [4.69, 9.17) is 5.73 Å². The molecule has 2 rings (SSSR count). The number of fused-ring (bicyclic) bond motifs is 1. The first-order valence-corrected chi connectivity index (χ1v) is 6.28. The molecule has 0 fully saturated rings. The number of rotatable bonds is 4. The molecule has 2 heterocycles. The summed E-state index contributed by atoms with van der Waals surface area (Å²) in [7, 11) is 2.11. The second-order valence-electron chi connectivity index (χ2n) is 4.99. The Labute approximate surface area is 108 Å². The van der Waals surface area contributed by atoms with Crippen LogP contribution in [-0.4, -0.2) is 39.1 Å². The van der Waals surface area contributed by atoms with E-state index in [0.717, 1.165) is 29.9 Å². The van der Waals surface area contributed by atoms with Crippen LogP contribution in [0.1, 0.15) is 19.5 Å². The molecule has 2 aromatic rings. The minimum Gasteiger partial charge on any atom is -0.369 e. The van der Waals surface area contributed by atoms with Crippen LogP contribution in [0.15, 0.2) is 12.1 Å². The van der Waals surface area contributed by atoms with Gasteiger partial charge < -0.3 is 10.6 Å². The first kappa shape index (κ1) is 12.8. The van der Waals surface area contributed by atoms with E-state index >= 15 is 0 Å². The first-order valence-electron chi connectivity index (χ1n) is 6.28. The number of imidazole rings is 1. The fraction of sp³-hybridized carbons (Fsp3) is 0.538. The number of nitrogens with zero attached hydrogens (tertiary/aromatic N) is 4. The lowest BCUT2D eigenvalue weighted by molar-refractivity contribution is 0.264. The minimum absolute atomic E-state index is 0.524. The first-order chi connectivity index (χ1) is 8.49. The second kappa shape index (κ2) is 4.94.